The molecule has 1 N–H and O–H groups in total. The number of carbonyl (C=O) groups is 3. The van der Waals surface area contributed by atoms with E-state index in [-0.39, 0.29) is 17.0 Å². The molecule has 10 heteroatoms. The number of halogens is 1. The van der Waals surface area contributed by atoms with Crippen LogP contribution in [0.4, 0.5) is 5.69 Å². The Kier molecular flexibility index (Phi) is 8.24. The molecule has 0 saturated heterocycles. The second-order valence-corrected chi connectivity index (χ2v) is 9.01. The van der Waals surface area contributed by atoms with Crippen LogP contribution >= 0.6 is 23.4 Å². The van der Waals surface area contributed by atoms with Gasteiger partial charge < -0.3 is 19.4 Å². The number of carbonyl (C=O) groups excluding carboxylic acids is 3. The topological polar surface area (TPSA) is 99.5 Å². The number of fused-ring (bicyclic) bond motifs is 1. The van der Waals surface area contributed by atoms with Gasteiger partial charge in [-0.1, -0.05) is 65.8 Å². The number of hydrogen-bond donors (Lipinski definition) is 1. The Labute approximate surface area is 216 Å². The first kappa shape index (κ1) is 25.3. The van der Waals surface area contributed by atoms with Crippen molar-refractivity contribution in [3.63, 3.8) is 0 Å². The highest BCUT2D eigenvalue weighted by atomic mass is 35.5. The molecule has 0 aliphatic heterocycles. The van der Waals surface area contributed by atoms with Crippen LogP contribution in [0, 0.1) is 0 Å². The predicted octanol–water partition coefficient (Wildman–Crippen LogP) is 4.80. The van der Waals surface area contributed by atoms with Gasteiger partial charge >= 0.3 is 11.9 Å². The standard InChI is InChI=1S/C26H22ClN3O5S/c1-34-25(33)19-9-5-6-10-20(19)28-23(31)15-35-24(32)16-36-26-29-21-13-18(27)11-12-22(21)30(26)14-17-7-3-2-4-8-17/h2-13H,14-16H2,1H3,(H,28,31). The van der Waals surface area contributed by atoms with E-state index in [2.05, 4.69) is 10.3 Å². The highest BCUT2D eigenvalue weighted by Gasteiger charge is 2.17. The number of methoxy groups -OCH3 is 1. The lowest BCUT2D eigenvalue weighted by atomic mass is 10.2. The Balaban J connectivity index is 1.38. The number of imidazole rings is 1. The van der Waals surface area contributed by atoms with E-state index in [0.29, 0.717) is 16.7 Å². The first-order chi connectivity index (χ1) is 17.4. The molecule has 0 radical (unpaired) electrons. The minimum absolute atomic E-state index is 0.0438. The normalized spacial score (nSPS) is 10.7. The van der Waals surface area contributed by atoms with Gasteiger partial charge in [0, 0.05) is 5.02 Å². The average molecular weight is 524 g/mol. The molecule has 0 bridgehead atoms. The zero-order valence-electron chi connectivity index (χ0n) is 19.3. The number of hydrogen-bond acceptors (Lipinski definition) is 7. The maximum atomic E-state index is 12.4. The van der Waals surface area contributed by atoms with Crippen molar-refractivity contribution in [2.24, 2.45) is 0 Å². The molecule has 1 amide bonds. The van der Waals surface area contributed by atoms with Crippen molar-refractivity contribution < 1.29 is 23.9 Å². The molecule has 1 heterocycles. The molecule has 36 heavy (non-hydrogen) atoms. The van der Waals surface area contributed by atoms with Gasteiger partial charge in [-0.3, -0.25) is 9.59 Å². The Morgan fingerprint density at radius 2 is 1.78 bits per heavy atom. The van der Waals surface area contributed by atoms with E-state index in [1.165, 1.54) is 24.9 Å². The monoisotopic (exact) mass is 523 g/mol. The number of ether oxygens (including phenoxy) is 2. The second-order valence-electron chi connectivity index (χ2n) is 7.63. The molecule has 0 fully saturated rings. The Bertz CT molecular complexity index is 1410. The smallest absolute Gasteiger partial charge is 0.339 e. The van der Waals surface area contributed by atoms with Crippen LogP contribution in [0.15, 0.2) is 78.0 Å². The SMILES string of the molecule is COC(=O)c1ccccc1NC(=O)COC(=O)CSc1nc2cc(Cl)ccc2n1Cc1ccccc1. The Hall–Kier alpha value is -3.82. The number of aromatic nitrogens is 2. The van der Waals surface area contributed by atoms with Gasteiger partial charge in [0.25, 0.3) is 5.91 Å². The fourth-order valence-corrected chi connectivity index (χ4v) is 4.47. The van der Waals surface area contributed by atoms with Gasteiger partial charge in [0.2, 0.25) is 0 Å². The van der Waals surface area contributed by atoms with Crippen molar-refractivity contribution in [1.29, 1.82) is 0 Å². The summed E-state index contributed by atoms with van der Waals surface area (Å²) in [7, 11) is 1.25. The minimum atomic E-state index is -0.584. The molecule has 0 aliphatic rings. The number of para-hydroxylation sites is 1. The van der Waals surface area contributed by atoms with E-state index in [0.717, 1.165) is 16.6 Å². The maximum Gasteiger partial charge on any atom is 0.339 e. The van der Waals surface area contributed by atoms with Crippen molar-refractivity contribution in [1.82, 2.24) is 9.55 Å². The van der Waals surface area contributed by atoms with E-state index >= 15 is 0 Å². The van der Waals surface area contributed by atoms with Gasteiger partial charge in [-0.25, -0.2) is 9.78 Å². The number of amides is 1. The van der Waals surface area contributed by atoms with Gasteiger partial charge in [0.15, 0.2) is 11.8 Å². The molecule has 3 aromatic carbocycles. The highest BCUT2D eigenvalue weighted by Crippen LogP contribution is 2.27. The summed E-state index contributed by atoms with van der Waals surface area (Å²) in [6.07, 6.45) is 0. The Morgan fingerprint density at radius 3 is 2.56 bits per heavy atom. The fourth-order valence-electron chi connectivity index (χ4n) is 3.49. The van der Waals surface area contributed by atoms with E-state index in [1.54, 1.807) is 30.3 Å². The van der Waals surface area contributed by atoms with Crippen LogP contribution in [0.3, 0.4) is 0 Å². The zero-order valence-corrected chi connectivity index (χ0v) is 20.8. The van der Waals surface area contributed by atoms with Crippen LogP contribution in [-0.4, -0.2) is 46.9 Å². The van der Waals surface area contributed by atoms with E-state index in [4.69, 9.17) is 21.1 Å². The van der Waals surface area contributed by atoms with Gasteiger partial charge in [-0.05, 0) is 35.9 Å². The molecule has 4 aromatic rings. The quantitative estimate of drug-likeness (QED) is 0.248. The summed E-state index contributed by atoms with van der Waals surface area (Å²) >= 11 is 7.35. The summed E-state index contributed by atoms with van der Waals surface area (Å²) in [5.74, 6) is -1.78. The van der Waals surface area contributed by atoms with Gasteiger partial charge in [-0.15, -0.1) is 0 Å². The number of nitrogens with one attached hydrogen (secondary N) is 1. The summed E-state index contributed by atoms with van der Waals surface area (Å²) in [5, 5.41) is 3.76. The van der Waals surface area contributed by atoms with Crippen LogP contribution in [-0.2, 0) is 25.6 Å². The summed E-state index contributed by atoms with van der Waals surface area (Å²) in [6, 6.07) is 21.8. The average Bonchev–Trinajstić information content (AvgIpc) is 3.22. The minimum Gasteiger partial charge on any atom is -0.465 e. The lowest BCUT2D eigenvalue weighted by molar-refractivity contribution is -0.144. The van der Waals surface area contributed by atoms with Crippen molar-refractivity contribution in [2.75, 3.05) is 24.8 Å². The van der Waals surface area contributed by atoms with E-state index in [1.807, 2.05) is 41.0 Å². The third-order valence-corrected chi connectivity index (χ3v) is 6.33. The van der Waals surface area contributed by atoms with Crippen LogP contribution in [0.25, 0.3) is 11.0 Å². The van der Waals surface area contributed by atoms with Crippen molar-refractivity contribution >= 4 is 57.9 Å². The molecule has 0 saturated carbocycles. The van der Waals surface area contributed by atoms with Crippen LogP contribution in [0.1, 0.15) is 15.9 Å². The lowest BCUT2D eigenvalue weighted by Crippen LogP contribution is -2.23. The van der Waals surface area contributed by atoms with Crippen LogP contribution in [0.2, 0.25) is 5.02 Å². The number of thioether (sulfide) groups is 1. The Morgan fingerprint density at radius 1 is 1.03 bits per heavy atom. The summed E-state index contributed by atoms with van der Waals surface area (Å²) in [6.45, 7) is 0.0727. The van der Waals surface area contributed by atoms with E-state index in [9.17, 15) is 14.4 Å². The van der Waals surface area contributed by atoms with Gasteiger partial charge in [-0.2, -0.15) is 0 Å². The number of nitrogens with zero attached hydrogens (tertiary/aromatic N) is 2. The highest BCUT2D eigenvalue weighted by molar-refractivity contribution is 7.99. The molecule has 184 valence electrons. The fraction of sp³-hybridized carbons (Fsp3) is 0.154. The first-order valence-corrected chi connectivity index (χ1v) is 12.3. The second kappa shape index (κ2) is 11.7. The lowest BCUT2D eigenvalue weighted by Gasteiger charge is -2.10. The molecule has 8 nitrogen and oxygen atoms in total. The van der Waals surface area contributed by atoms with Crippen molar-refractivity contribution in [3.05, 3.63) is 88.9 Å². The van der Waals surface area contributed by atoms with Crippen LogP contribution in [0.5, 0.6) is 0 Å². The molecule has 0 atom stereocenters. The van der Waals surface area contributed by atoms with Crippen LogP contribution < -0.4 is 5.32 Å². The molecular formula is C26H22ClN3O5S. The van der Waals surface area contributed by atoms with Gasteiger partial charge in [0.05, 0.1) is 41.7 Å². The number of benzene rings is 3. The molecule has 0 spiro atoms. The third-order valence-electron chi connectivity index (χ3n) is 5.15. The molecule has 0 aliphatic carbocycles. The third kappa shape index (κ3) is 6.24. The van der Waals surface area contributed by atoms with Gasteiger partial charge in [0.1, 0.15) is 0 Å². The number of esters is 2. The maximum absolute atomic E-state index is 12.4. The molecule has 1 aromatic heterocycles. The molecule has 0 unspecified atom stereocenters. The zero-order chi connectivity index (χ0) is 25.5. The number of anilines is 1. The number of rotatable bonds is 9. The summed E-state index contributed by atoms with van der Waals surface area (Å²) in [4.78, 5) is 41.2. The largest absolute Gasteiger partial charge is 0.465 e. The van der Waals surface area contributed by atoms with Crippen molar-refractivity contribution in [3.8, 4) is 0 Å². The molecule has 4 rings (SSSR count). The summed E-state index contributed by atoms with van der Waals surface area (Å²) < 4.78 is 11.9. The first-order valence-electron chi connectivity index (χ1n) is 10.9. The van der Waals surface area contributed by atoms with E-state index < -0.39 is 24.5 Å². The van der Waals surface area contributed by atoms with Crippen molar-refractivity contribution in [2.45, 2.75) is 11.7 Å². The molecular weight excluding hydrogens is 502 g/mol. The predicted molar refractivity (Wildman–Crippen MR) is 138 cm³/mol. The summed E-state index contributed by atoms with van der Waals surface area (Å²) in [5.41, 5.74) is 3.17.